The number of aliphatic hydroxyl groups is 1. The van der Waals surface area contributed by atoms with Crippen LogP contribution in [0.2, 0.25) is 0 Å². The molecule has 1 N–H and O–H groups in total. The van der Waals surface area contributed by atoms with E-state index in [1.807, 2.05) is 6.92 Å². The molecule has 0 aliphatic rings. The van der Waals surface area contributed by atoms with Gasteiger partial charge in [0.25, 0.3) is 5.56 Å². The Labute approximate surface area is 185 Å². The summed E-state index contributed by atoms with van der Waals surface area (Å²) in [6.45, 7) is 3.91. The number of carbonyl (C=O) groups is 1. The standard InChI is InChI=1S/C21H21BrFN3O3S/c1-3-25(16-7-5-15(23)6-8-16)19(28)12-30-21-24-18-9-4-14(22)10-17(18)20(29)26(21)11-13(2)27/h4-10,13,27H,3,11-12H2,1-2H3. The van der Waals surface area contributed by atoms with E-state index in [0.29, 0.717) is 28.3 Å². The van der Waals surface area contributed by atoms with Gasteiger partial charge in [-0.25, -0.2) is 9.37 Å². The predicted octanol–water partition coefficient (Wildman–Crippen LogP) is 3.82. The van der Waals surface area contributed by atoms with Gasteiger partial charge in [-0.2, -0.15) is 0 Å². The van der Waals surface area contributed by atoms with Crippen LogP contribution in [0.4, 0.5) is 10.1 Å². The molecule has 158 valence electrons. The summed E-state index contributed by atoms with van der Waals surface area (Å²) in [6.07, 6.45) is -0.754. The molecule has 3 rings (SSSR count). The maximum atomic E-state index is 13.2. The highest BCUT2D eigenvalue weighted by atomic mass is 79.9. The van der Waals surface area contributed by atoms with Crippen molar-refractivity contribution in [2.45, 2.75) is 31.7 Å². The van der Waals surface area contributed by atoms with Crippen LogP contribution in [0.15, 0.2) is 56.9 Å². The van der Waals surface area contributed by atoms with Gasteiger partial charge in [0.1, 0.15) is 5.82 Å². The topological polar surface area (TPSA) is 75.4 Å². The van der Waals surface area contributed by atoms with Gasteiger partial charge >= 0.3 is 0 Å². The predicted molar refractivity (Wildman–Crippen MR) is 121 cm³/mol. The molecule has 2 aromatic carbocycles. The van der Waals surface area contributed by atoms with Gasteiger partial charge in [-0.3, -0.25) is 14.2 Å². The number of amides is 1. The zero-order valence-electron chi connectivity index (χ0n) is 16.5. The van der Waals surface area contributed by atoms with Crippen LogP contribution >= 0.6 is 27.7 Å². The summed E-state index contributed by atoms with van der Waals surface area (Å²) in [7, 11) is 0. The number of hydrogen-bond acceptors (Lipinski definition) is 5. The lowest BCUT2D eigenvalue weighted by Crippen LogP contribution is -2.33. The van der Waals surface area contributed by atoms with Crippen molar-refractivity contribution in [1.29, 1.82) is 0 Å². The number of fused-ring (bicyclic) bond motifs is 1. The van der Waals surface area contributed by atoms with E-state index in [1.165, 1.54) is 16.7 Å². The van der Waals surface area contributed by atoms with E-state index < -0.39 is 6.10 Å². The highest BCUT2D eigenvalue weighted by Gasteiger charge is 2.18. The molecule has 0 saturated heterocycles. The maximum absolute atomic E-state index is 13.2. The van der Waals surface area contributed by atoms with Crippen LogP contribution < -0.4 is 10.5 Å². The number of hydrogen-bond donors (Lipinski definition) is 1. The fraction of sp³-hybridized carbons (Fsp3) is 0.286. The Kier molecular flexibility index (Phi) is 7.27. The van der Waals surface area contributed by atoms with E-state index in [1.54, 1.807) is 42.2 Å². The largest absolute Gasteiger partial charge is 0.392 e. The SMILES string of the molecule is CCN(C(=O)CSc1nc2ccc(Br)cc2c(=O)n1CC(C)O)c1ccc(F)cc1. The van der Waals surface area contributed by atoms with Crippen molar-refractivity contribution < 1.29 is 14.3 Å². The van der Waals surface area contributed by atoms with Crippen LogP contribution in [0.5, 0.6) is 0 Å². The average molecular weight is 494 g/mol. The minimum atomic E-state index is -0.754. The van der Waals surface area contributed by atoms with Gasteiger partial charge in [-0.1, -0.05) is 27.7 Å². The monoisotopic (exact) mass is 493 g/mol. The summed E-state index contributed by atoms with van der Waals surface area (Å²) >= 11 is 4.49. The van der Waals surface area contributed by atoms with Crippen molar-refractivity contribution in [3.05, 3.63) is 63.1 Å². The second-order valence-electron chi connectivity index (χ2n) is 6.72. The molecule has 3 aromatic rings. The molecule has 6 nitrogen and oxygen atoms in total. The minimum Gasteiger partial charge on any atom is -0.392 e. The van der Waals surface area contributed by atoms with Crippen molar-refractivity contribution in [2.75, 3.05) is 17.2 Å². The molecular weight excluding hydrogens is 473 g/mol. The lowest BCUT2D eigenvalue weighted by Gasteiger charge is -2.21. The smallest absolute Gasteiger partial charge is 0.262 e. The molecule has 1 heterocycles. The van der Waals surface area contributed by atoms with E-state index in [2.05, 4.69) is 20.9 Å². The number of aliphatic hydroxyl groups excluding tert-OH is 1. The van der Waals surface area contributed by atoms with Crippen LogP contribution in [-0.4, -0.2) is 39.0 Å². The summed E-state index contributed by atoms with van der Waals surface area (Å²) in [5, 5.41) is 10.6. The molecule has 0 saturated carbocycles. The first-order valence-electron chi connectivity index (χ1n) is 9.37. The zero-order chi connectivity index (χ0) is 21.8. The van der Waals surface area contributed by atoms with E-state index in [-0.39, 0.29) is 29.6 Å². The number of benzene rings is 2. The number of nitrogens with zero attached hydrogens (tertiary/aromatic N) is 3. The van der Waals surface area contributed by atoms with Crippen molar-refractivity contribution in [3.8, 4) is 0 Å². The fourth-order valence-corrected chi connectivity index (χ4v) is 4.28. The molecule has 1 atom stereocenters. The Hall–Kier alpha value is -2.23. The van der Waals surface area contributed by atoms with Crippen LogP contribution in [0.25, 0.3) is 10.9 Å². The van der Waals surface area contributed by atoms with E-state index in [9.17, 15) is 19.1 Å². The van der Waals surface area contributed by atoms with Crippen LogP contribution in [0.3, 0.4) is 0 Å². The van der Waals surface area contributed by atoms with E-state index in [4.69, 9.17) is 0 Å². The number of thioether (sulfide) groups is 1. The molecule has 30 heavy (non-hydrogen) atoms. The zero-order valence-corrected chi connectivity index (χ0v) is 18.9. The molecule has 0 radical (unpaired) electrons. The molecule has 0 spiro atoms. The molecule has 1 unspecified atom stereocenters. The summed E-state index contributed by atoms with van der Waals surface area (Å²) in [4.78, 5) is 31.9. The number of anilines is 1. The number of aromatic nitrogens is 2. The Morgan fingerprint density at radius 2 is 2.00 bits per heavy atom. The Morgan fingerprint density at radius 1 is 1.30 bits per heavy atom. The lowest BCUT2D eigenvalue weighted by molar-refractivity contribution is -0.116. The summed E-state index contributed by atoms with van der Waals surface area (Å²) in [6, 6.07) is 10.9. The van der Waals surface area contributed by atoms with Gasteiger partial charge < -0.3 is 10.0 Å². The van der Waals surface area contributed by atoms with Crippen molar-refractivity contribution >= 4 is 50.2 Å². The maximum Gasteiger partial charge on any atom is 0.262 e. The van der Waals surface area contributed by atoms with Crippen molar-refractivity contribution in [2.24, 2.45) is 0 Å². The van der Waals surface area contributed by atoms with Crippen molar-refractivity contribution in [1.82, 2.24) is 9.55 Å². The van der Waals surface area contributed by atoms with Gasteiger partial charge in [0, 0.05) is 16.7 Å². The highest BCUT2D eigenvalue weighted by molar-refractivity contribution is 9.10. The van der Waals surface area contributed by atoms with Crippen LogP contribution in [-0.2, 0) is 11.3 Å². The molecule has 1 aromatic heterocycles. The summed E-state index contributed by atoms with van der Waals surface area (Å²) in [5.74, 6) is -0.520. The van der Waals surface area contributed by atoms with Gasteiger partial charge in [0.2, 0.25) is 5.91 Å². The van der Waals surface area contributed by atoms with Gasteiger partial charge in [-0.15, -0.1) is 0 Å². The third kappa shape index (κ3) is 5.08. The first kappa shape index (κ1) is 22.5. The Balaban J connectivity index is 1.90. The summed E-state index contributed by atoms with van der Waals surface area (Å²) in [5.41, 5.74) is 0.844. The van der Waals surface area contributed by atoms with E-state index in [0.717, 1.165) is 16.2 Å². The number of rotatable bonds is 7. The lowest BCUT2D eigenvalue weighted by atomic mass is 10.2. The quantitative estimate of drug-likeness (QED) is 0.399. The van der Waals surface area contributed by atoms with Crippen LogP contribution in [0, 0.1) is 5.82 Å². The second-order valence-corrected chi connectivity index (χ2v) is 8.58. The van der Waals surface area contributed by atoms with Gasteiger partial charge in [0.05, 0.1) is 29.3 Å². The number of halogens is 2. The Bertz CT molecular complexity index is 1120. The van der Waals surface area contributed by atoms with Crippen molar-refractivity contribution in [3.63, 3.8) is 0 Å². The average Bonchev–Trinajstić information content (AvgIpc) is 2.71. The molecule has 0 fully saturated rings. The van der Waals surface area contributed by atoms with Gasteiger partial charge in [0.15, 0.2) is 5.16 Å². The first-order valence-corrected chi connectivity index (χ1v) is 11.1. The molecular formula is C21H21BrFN3O3S. The normalized spacial score (nSPS) is 12.2. The molecule has 0 aliphatic carbocycles. The molecule has 1 amide bonds. The van der Waals surface area contributed by atoms with E-state index >= 15 is 0 Å². The van der Waals surface area contributed by atoms with Gasteiger partial charge in [-0.05, 0) is 56.3 Å². The fourth-order valence-electron chi connectivity index (χ4n) is 3.04. The van der Waals surface area contributed by atoms with Crippen LogP contribution in [0.1, 0.15) is 13.8 Å². The Morgan fingerprint density at radius 3 is 2.63 bits per heavy atom. The second kappa shape index (κ2) is 9.72. The minimum absolute atomic E-state index is 0.0412. The third-order valence-electron chi connectivity index (χ3n) is 4.41. The first-order chi connectivity index (χ1) is 14.3. The molecule has 0 bridgehead atoms. The third-order valence-corrected chi connectivity index (χ3v) is 5.86. The summed E-state index contributed by atoms with van der Waals surface area (Å²) < 4.78 is 15.3. The molecule has 9 heteroatoms. The number of carbonyl (C=O) groups excluding carboxylic acids is 1. The molecule has 0 aliphatic heterocycles. The highest BCUT2D eigenvalue weighted by Crippen LogP contribution is 2.22.